The summed E-state index contributed by atoms with van der Waals surface area (Å²) in [6, 6.07) is 22.8. The summed E-state index contributed by atoms with van der Waals surface area (Å²) in [6.45, 7) is 2.59. The van der Waals surface area contributed by atoms with Crippen LogP contribution in [0.1, 0.15) is 47.7 Å². The molecule has 34 heavy (non-hydrogen) atoms. The number of hydrogen-bond acceptors (Lipinski definition) is 4. The number of carbonyl (C=O) groups is 2. The fraction of sp³-hybridized carbons (Fsp3) is 0.286. The van der Waals surface area contributed by atoms with Crippen molar-refractivity contribution in [3.63, 3.8) is 0 Å². The second-order valence-electron chi connectivity index (χ2n) is 8.96. The van der Waals surface area contributed by atoms with Crippen molar-refractivity contribution in [3.8, 4) is 5.75 Å². The van der Waals surface area contributed by atoms with Crippen molar-refractivity contribution in [2.45, 2.75) is 44.5 Å². The van der Waals surface area contributed by atoms with Crippen molar-refractivity contribution in [2.75, 3.05) is 11.9 Å². The molecule has 2 aliphatic heterocycles. The molecule has 0 spiro atoms. The van der Waals surface area contributed by atoms with Crippen LogP contribution in [0.4, 0.5) is 5.69 Å². The molecular formula is C28H28N2O4. The normalized spacial score (nSPS) is 20.8. The first-order chi connectivity index (χ1) is 16.5. The molecule has 0 fully saturated rings. The molecule has 3 atom stereocenters. The fourth-order valence-corrected chi connectivity index (χ4v) is 5.18. The number of aliphatic carboxylic acids is 1. The zero-order valence-corrected chi connectivity index (χ0v) is 19.3. The van der Waals surface area contributed by atoms with Crippen LogP contribution in [-0.2, 0) is 22.6 Å². The maximum Gasteiger partial charge on any atom is 0.321 e. The third-order valence-electron chi connectivity index (χ3n) is 6.97. The van der Waals surface area contributed by atoms with Crippen LogP contribution in [0.25, 0.3) is 0 Å². The van der Waals surface area contributed by atoms with Gasteiger partial charge in [0.05, 0.1) is 5.69 Å². The van der Waals surface area contributed by atoms with Crippen LogP contribution < -0.4 is 9.64 Å². The lowest BCUT2D eigenvalue weighted by molar-refractivity contribution is -0.145. The number of carboxylic acids is 1. The topological polar surface area (TPSA) is 70.1 Å². The van der Waals surface area contributed by atoms with E-state index < -0.39 is 18.1 Å². The highest BCUT2D eigenvalue weighted by Crippen LogP contribution is 2.43. The summed E-state index contributed by atoms with van der Waals surface area (Å²) < 4.78 is 6.22. The molecule has 2 aliphatic rings. The van der Waals surface area contributed by atoms with E-state index in [0.29, 0.717) is 24.4 Å². The Morgan fingerprint density at radius 1 is 1.06 bits per heavy atom. The van der Waals surface area contributed by atoms with Gasteiger partial charge in [-0.3, -0.25) is 14.5 Å². The van der Waals surface area contributed by atoms with Gasteiger partial charge in [0.15, 0.2) is 0 Å². The van der Waals surface area contributed by atoms with Crippen molar-refractivity contribution in [1.29, 1.82) is 0 Å². The first-order valence-corrected chi connectivity index (χ1v) is 11.7. The number of carboxylic acid groups (broad SMARTS) is 1. The van der Waals surface area contributed by atoms with Gasteiger partial charge in [0.25, 0.3) is 5.91 Å². The summed E-state index contributed by atoms with van der Waals surface area (Å²) in [6.07, 6.45) is 0.486. The molecule has 1 amide bonds. The SMILES string of the molecule is CC[C@H](c1ccccc1)N1Cc2cc3c(cc2CC1C(=O)O)N(C)C(=O)C(c1ccccc1)O3. The van der Waals surface area contributed by atoms with Crippen LogP contribution in [0.5, 0.6) is 5.75 Å². The molecule has 2 heterocycles. The van der Waals surface area contributed by atoms with Gasteiger partial charge in [-0.25, -0.2) is 0 Å². The monoisotopic (exact) mass is 456 g/mol. The summed E-state index contributed by atoms with van der Waals surface area (Å²) in [7, 11) is 1.75. The van der Waals surface area contributed by atoms with E-state index in [4.69, 9.17) is 4.74 Å². The molecular weight excluding hydrogens is 428 g/mol. The van der Waals surface area contributed by atoms with Gasteiger partial charge in [0.2, 0.25) is 6.10 Å². The molecule has 6 heteroatoms. The number of rotatable bonds is 5. The average molecular weight is 457 g/mol. The molecule has 0 radical (unpaired) electrons. The molecule has 1 N–H and O–H groups in total. The standard InChI is InChI=1S/C28H28N2O4/c1-3-22(18-10-6-4-7-11-18)30-17-21-16-25-23(14-20(21)15-24(30)28(32)33)29(2)27(31)26(34-25)19-12-8-5-9-13-19/h4-14,16,22,24,26H,3,15,17H2,1-2H3,(H,32,33)/t22-,24?,26?/m1/s1. The lowest BCUT2D eigenvalue weighted by atomic mass is 9.89. The maximum atomic E-state index is 13.1. The van der Waals surface area contributed by atoms with E-state index in [0.717, 1.165) is 28.7 Å². The minimum atomic E-state index is -0.831. The van der Waals surface area contributed by atoms with E-state index in [2.05, 4.69) is 24.0 Å². The Morgan fingerprint density at radius 3 is 2.38 bits per heavy atom. The molecule has 0 saturated carbocycles. The van der Waals surface area contributed by atoms with Crippen LogP contribution in [0, 0.1) is 0 Å². The van der Waals surface area contributed by atoms with Gasteiger partial charge in [0.1, 0.15) is 11.8 Å². The first kappa shape index (κ1) is 22.2. The number of nitrogens with zero attached hydrogens (tertiary/aromatic N) is 2. The highest BCUT2D eigenvalue weighted by Gasteiger charge is 2.39. The number of anilines is 1. The van der Waals surface area contributed by atoms with Crippen molar-refractivity contribution in [2.24, 2.45) is 0 Å². The van der Waals surface area contributed by atoms with Crippen molar-refractivity contribution in [3.05, 3.63) is 95.1 Å². The van der Waals surface area contributed by atoms with Gasteiger partial charge in [-0.15, -0.1) is 0 Å². The number of amides is 1. The van der Waals surface area contributed by atoms with Gasteiger partial charge in [-0.1, -0.05) is 67.6 Å². The van der Waals surface area contributed by atoms with E-state index in [1.54, 1.807) is 11.9 Å². The quantitative estimate of drug-likeness (QED) is 0.600. The largest absolute Gasteiger partial charge is 0.480 e. The molecule has 3 aromatic carbocycles. The lowest BCUT2D eigenvalue weighted by Gasteiger charge is -2.41. The van der Waals surface area contributed by atoms with E-state index in [1.807, 2.05) is 60.7 Å². The third kappa shape index (κ3) is 3.84. The minimum Gasteiger partial charge on any atom is -0.480 e. The second kappa shape index (κ2) is 8.95. The molecule has 0 aliphatic carbocycles. The minimum absolute atomic E-state index is 0.00582. The second-order valence-corrected chi connectivity index (χ2v) is 8.96. The predicted molar refractivity (Wildman–Crippen MR) is 130 cm³/mol. The summed E-state index contributed by atoms with van der Waals surface area (Å²) >= 11 is 0. The summed E-state index contributed by atoms with van der Waals surface area (Å²) in [5.74, 6) is -0.320. The predicted octanol–water partition coefficient (Wildman–Crippen LogP) is 4.75. The molecule has 0 aromatic heterocycles. The van der Waals surface area contributed by atoms with Crippen LogP contribution in [-0.4, -0.2) is 35.0 Å². The van der Waals surface area contributed by atoms with Crippen molar-refractivity contribution < 1.29 is 19.4 Å². The Hall–Kier alpha value is -3.64. The van der Waals surface area contributed by atoms with E-state index in [9.17, 15) is 14.7 Å². The Balaban J connectivity index is 1.53. The van der Waals surface area contributed by atoms with Gasteiger partial charge in [0, 0.05) is 25.2 Å². The number of ether oxygens (including phenoxy) is 1. The molecule has 6 nitrogen and oxygen atoms in total. The van der Waals surface area contributed by atoms with Crippen LogP contribution in [0.15, 0.2) is 72.8 Å². The van der Waals surface area contributed by atoms with Gasteiger partial charge in [-0.05, 0) is 41.7 Å². The zero-order chi connectivity index (χ0) is 23.8. The molecule has 0 saturated heterocycles. The number of benzene rings is 3. The summed E-state index contributed by atoms with van der Waals surface area (Å²) in [4.78, 5) is 29.1. The van der Waals surface area contributed by atoms with Gasteiger partial charge < -0.3 is 14.7 Å². The Morgan fingerprint density at radius 2 is 1.74 bits per heavy atom. The Labute approximate surface area is 199 Å². The smallest absolute Gasteiger partial charge is 0.321 e. The van der Waals surface area contributed by atoms with Crippen LogP contribution in [0.3, 0.4) is 0 Å². The number of fused-ring (bicyclic) bond motifs is 2. The maximum absolute atomic E-state index is 13.1. The lowest BCUT2D eigenvalue weighted by Crippen LogP contribution is -2.47. The number of hydrogen-bond donors (Lipinski definition) is 1. The fourth-order valence-electron chi connectivity index (χ4n) is 5.18. The van der Waals surface area contributed by atoms with E-state index in [1.165, 1.54) is 0 Å². The highest BCUT2D eigenvalue weighted by molar-refractivity contribution is 6.00. The Kier molecular flexibility index (Phi) is 5.84. The molecule has 174 valence electrons. The molecule has 3 aromatic rings. The zero-order valence-electron chi connectivity index (χ0n) is 19.3. The van der Waals surface area contributed by atoms with Gasteiger partial charge >= 0.3 is 5.97 Å². The third-order valence-corrected chi connectivity index (χ3v) is 6.97. The molecule has 2 unspecified atom stereocenters. The van der Waals surface area contributed by atoms with E-state index >= 15 is 0 Å². The molecule has 0 bridgehead atoms. The van der Waals surface area contributed by atoms with E-state index in [-0.39, 0.29) is 11.9 Å². The van der Waals surface area contributed by atoms with Crippen molar-refractivity contribution >= 4 is 17.6 Å². The summed E-state index contributed by atoms with van der Waals surface area (Å²) in [5, 5.41) is 10.1. The first-order valence-electron chi connectivity index (χ1n) is 11.7. The van der Waals surface area contributed by atoms with Crippen molar-refractivity contribution in [1.82, 2.24) is 4.90 Å². The average Bonchev–Trinajstić information content (AvgIpc) is 2.86. The summed E-state index contributed by atoms with van der Waals surface area (Å²) in [5.41, 5.74) is 4.60. The van der Waals surface area contributed by atoms with Crippen LogP contribution >= 0.6 is 0 Å². The highest BCUT2D eigenvalue weighted by atomic mass is 16.5. The van der Waals surface area contributed by atoms with Crippen LogP contribution in [0.2, 0.25) is 0 Å². The Bertz CT molecular complexity index is 1210. The number of likely N-dealkylation sites (N-methyl/N-ethyl adjacent to an activating group) is 1. The van der Waals surface area contributed by atoms with Gasteiger partial charge in [-0.2, -0.15) is 0 Å². The molecule has 5 rings (SSSR count). The number of carbonyl (C=O) groups excluding carboxylic acids is 1.